The molecule has 230 valence electrons. The number of nitrogens with one attached hydrogen (secondary N) is 1. The van der Waals surface area contributed by atoms with Crippen LogP contribution in [0.15, 0.2) is 90.2 Å². The molecule has 0 radical (unpaired) electrons. The summed E-state index contributed by atoms with van der Waals surface area (Å²) in [5, 5.41) is 22.0. The molecule has 1 fully saturated rings. The molecule has 0 unspecified atom stereocenters. The van der Waals surface area contributed by atoms with E-state index < -0.39 is 11.9 Å². The van der Waals surface area contributed by atoms with Crippen LogP contribution in [-0.4, -0.2) is 71.1 Å². The Bertz CT molecular complexity index is 2200. The summed E-state index contributed by atoms with van der Waals surface area (Å²) < 4.78 is 4.98. The molecule has 1 atom stereocenters. The number of nitrogen functional groups attached to an aromatic ring is 1. The first kappa shape index (κ1) is 29.0. The Hall–Kier alpha value is -5.77. The van der Waals surface area contributed by atoms with E-state index in [-0.39, 0.29) is 29.6 Å². The molecule has 0 saturated carbocycles. The zero-order valence-electron chi connectivity index (χ0n) is 25.0. The maximum atomic E-state index is 14.4. The molecule has 1 amide bonds. The first-order valence-corrected chi connectivity index (χ1v) is 14.9. The highest BCUT2D eigenvalue weighted by Crippen LogP contribution is 2.25. The first-order chi connectivity index (χ1) is 22.4. The lowest BCUT2D eigenvalue weighted by atomic mass is 10.0. The fourth-order valence-electron chi connectivity index (χ4n) is 5.89. The molecular weight excluding hydrogens is 582 g/mol. The second kappa shape index (κ2) is 12.0. The number of hydrogen-bond acceptors (Lipinski definition) is 8. The summed E-state index contributed by atoms with van der Waals surface area (Å²) in [4.78, 5) is 34.3. The van der Waals surface area contributed by atoms with Gasteiger partial charge in [-0.2, -0.15) is 5.10 Å². The summed E-state index contributed by atoms with van der Waals surface area (Å²) in [6.45, 7) is 4.29. The Morgan fingerprint density at radius 1 is 1.13 bits per heavy atom. The minimum Gasteiger partial charge on any atom is -0.395 e. The Kier molecular flexibility index (Phi) is 7.53. The minimum atomic E-state index is -0.594. The number of aromatic nitrogens is 6. The van der Waals surface area contributed by atoms with Gasteiger partial charge in [0.25, 0.3) is 11.5 Å². The Morgan fingerprint density at radius 3 is 2.76 bits per heavy atom. The predicted molar refractivity (Wildman–Crippen MR) is 174 cm³/mol. The van der Waals surface area contributed by atoms with Crippen molar-refractivity contribution in [3.8, 4) is 17.5 Å². The van der Waals surface area contributed by atoms with Gasteiger partial charge in [0.05, 0.1) is 35.8 Å². The molecule has 0 aliphatic carbocycles. The molecule has 1 aliphatic heterocycles. The van der Waals surface area contributed by atoms with Crippen molar-refractivity contribution in [3.05, 3.63) is 118 Å². The molecule has 46 heavy (non-hydrogen) atoms. The first-order valence-electron chi connectivity index (χ1n) is 14.9. The number of carbonyl (C=O) groups excluding carboxylic acids is 1. The topological polar surface area (TPSA) is 149 Å². The quantitative estimate of drug-likeness (QED) is 0.233. The second-order valence-corrected chi connectivity index (χ2v) is 11.3. The van der Waals surface area contributed by atoms with Crippen LogP contribution in [0.2, 0.25) is 0 Å². The van der Waals surface area contributed by atoms with Gasteiger partial charge in [0, 0.05) is 55.2 Å². The third kappa shape index (κ3) is 5.27. The van der Waals surface area contributed by atoms with Crippen LogP contribution in [0.5, 0.6) is 0 Å². The van der Waals surface area contributed by atoms with E-state index in [1.165, 1.54) is 4.52 Å². The highest BCUT2D eigenvalue weighted by atomic mass is 16.3. The van der Waals surface area contributed by atoms with Crippen LogP contribution < -0.4 is 16.6 Å². The van der Waals surface area contributed by atoms with Crippen molar-refractivity contribution in [1.29, 1.82) is 0 Å². The van der Waals surface area contributed by atoms with E-state index in [0.29, 0.717) is 39.9 Å². The van der Waals surface area contributed by atoms with Crippen LogP contribution in [0.4, 0.5) is 5.82 Å². The lowest BCUT2D eigenvalue weighted by Crippen LogP contribution is -2.48. The largest absolute Gasteiger partial charge is 0.395 e. The van der Waals surface area contributed by atoms with Crippen molar-refractivity contribution >= 4 is 28.1 Å². The van der Waals surface area contributed by atoms with Gasteiger partial charge < -0.3 is 16.2 Å². The van der Waals surface area contributed by atoms with Gasteiger partial charge in [-0.1, -0.05) is 42.2 Å². The number of β-amino-alcohol motifs (C(OH)–C–C–N with tert-alkyl or cyclic N) is 1. The van der Waals surface area contributed by atoms with E-state index in [1.54, 1.807) is 29.2 Å². The fourth-order valence-corrected chi connectivity index (χ4v) is 5.89. The predicted octanol–water partition coefficient (Wildman–Crippen LogP) is 2.55. The number of aliphatic hydroxyl groups is 1. The smallest absolute Gasteiger partial charge is 0.264 e. The molecule has 0 bridgehead atoms. The zero-order valence-corrected chi connectivity index (χ0v) is 25.0. The average molecular weight is 614 g/mol. The highest BCUT2D eigenvalue weighted by Gasteiger charge is 2.28. The van der Waals surface area contributed by atoms with E-state index in [9.17, 15) is 9.59 Å². The maximum absolute atomic E-state index is 14.4. The summed E-state index contributed by atoms with van der Waals surface area (Å²) in [6, 6.07) is 18.1. The summed E-state index contributed by atoms with van der Waals surface area (Å²) >= 11 is 0. The molecule has 2 aromatic carbocycles. The molecule has 12 heteroatoms. The number of aliphatic hydroxyl groups excluding tert-OH is 1. The number of hydrogen-bond donors (Lipinski definition) is 3. The summed E-state index contributed by atoms with van der Waals surface area (Å²) in [5.74, 6) is 6.00. The number of rotatable bonds is 7. The van der Waals surface area contributed by atoms with Gasteiger partial charge in [-0.15, -0.1) is 5.10 Å². The van der Waals surface area contributed by atoms with Crippen molar-refractivity contribution in [2.45, 2.75) is 19.0 Å². The number of pyridine rings is 1. The Balaban J connectivity index is 1.25. The Morgan fingerprint density at radius 2 is 1.96 bits per heavy atom. The third-order valence-electron chi connectivity index (χ3n) is 8.20. The average Bonchev–Trinajstić information content (AvgIpc) is 3.65. The molecular formula is C34H31N9O3. The minimum absolute atomic E-state index is 0.0625. The number of benzene rings is 2. The fraction of sp³-hybridized carbons (Fsp3) is 0.206. The molecule has 1 saturated heterocycles. The van der Waals surface area contributed by atoms with Crippen LogP contribution in [0.3, 0.4) is 0 Å². The summed E-state index contributed by atoms with van der Waals surface area (Å²) in [6.07, 6.45) is 6.88. The van der Waals surface area contributed by atoms with Gasteiger partial charge in [0.2, 0.25) is 0 Å². The van der Waals surface area contributed by atoms with Crippen LogP contribution >= 0.6 is 0 Å². The van der Waals surface area contributed by atoms with Gasteiger partial charge in [0.1, 0.15) is 5.56 Å². The van der Waals surface area contributed by atoms with Crippen LogP contribution in [-0.2, 0) is 0 Å². The third-order valence-corrected chi connectivity index (χ3v) is 8.20. The molecule has 5 heterocycles. The SMILES string of the molecule is C[C@H](NC(=O)c1c(N)nn2cccnc12)c1cc2cccc(C#Cc3cnn(C4CN(CCO)C4)c3)c2c(=O)n1-c1ccccc1. The number of amides is 1. The maximum Gasteiger partial charge on any atom is 0.264 e. The lowest BCUT2D eigenvalue weighted by Gasteiger charge is -2.38. The van der Waals surface area contributed by atoms with Gasteiger partial charge in [-0.25, -0.2) is 9.50 Å². The van der Waals surface area contributed by atoms with Crippen molar-refractivity contribution in [1.82, 2.24) is 39.2 Å². The number of nitrogens with two attached hydrogens (primary N) is 1. The number of anilines is 1. The number of para-hydroxylation sites is 1. The van der Waals surface area contributed by atoms with E-state index in [0.717, 1.165) is 18.7 Å². The number of nitrogens with zero attached hydrogens (tertiary/aromatic N) is 7. The number of carbonyl (C=O) groups is 1. The van der Waals surface area contributed by atoms with E-state index in [1.807, 2.05) is 72.4 Å². The molecule has 4 aromatic heterocycles. The summed E-state index contributed by atoms with van der Waals surface area (Å²) in [5.41, 5.74) is 8.93. The van der Waals surface area contributed by atoms with E-state index in [4.69, 9.17) is 10.8 Å². The molecule has 4 N–H and O–H groups in total. The van der Waals surface area contributed by atoms with Crippen molar-refractivity contribution in [2.24, 2.45) is 0 Å². The van der Waals surface area contributed by atoms with Gasteiger partial charge >= 0.3 is 0 Å². The molecule has 6 aromatic rings. The molecule has 0 spiro atoms. The van der Waals surface area contributed by atoms with Gasteiger partial charge in [0.15, 0.2) is 11.5 Å². The van der Waals surface area contributed by atoms with Crippen molar-refractivity contribution in [3.63, 3.8) is 0 Å². The van der Waals surface area contributed by atoms with Crippen LogP contribution in [0.1, 0.15) is 46.2 Å². The Labute approximate surface area is 263 Å². The van der Waals surface area contributed by atoms with Crippen LogP contribution in [0, 0.1) is 11.8 Å². The highest BCUT2D eigenvalue weighted by molar-refractivity contribution is 6.04. The molecule has 7 rings (SSSR count). The number of likely N-dealkylation sites (tertiary alicyclic amines) is 1. The normalized spacial score (nSPS) is 14.1. The van der Waals surface area contributed by atoms with E-state index >= 15 is 0 Å². The summed E-state index contributed by atoms with van der Waals surface area (Å²) in [7, 11) is 0. The monoisotopic (exact) mass is 613 g/mol. The standard InChI is InChI=1S/C34H31N9O3/c1-22(38-33(45)30-31(35)39-41-14-6-13-36-32(30)41)28-17-25-8-5-7-24(29(25)34(46)43(28)26-9-3-2-4-10-26)12-11-23-18-37-42(19-23)27-20-40(21-27)15-16-44/h2-10,13-14,17-19,22,27,44H,15-16,20-21H2,1H3,(H2,35,39)(H,38,45)/t22-/m0/s1. The van der Waals surface area contributed by atoms with Crippen molar-refractivity contribution in [2.75, 3.05) is 32.0 Å². The van der Waals surface area contributed by atoms with Crippen LogP contribution in [0.25, 0.3) is 22.1 Å². The molecule has 12 nitrogen and oxygen atoms in total. The molecule has 1 aliphatic rings. The van der Waals surface area contributed by atoms with Gasteiger partial charge in [-0.05, 0) is 42.6 Å². The lowest BCUT2D eigenvalue weighted by molar-refractivity contribution is 0.0774. The van der Waals surface area contributed by atoms with E-state index in [2.05, 4.69) is 37.2 Å². The van der Waals surface area contributed by atoms with Crippen molar-refractivity contribution < 1.29 is 9.90 Å². The second-order valence-electron chi connectivity index (χ2n) is 11.3. The number of fused-ring (bicyclic) bond motifs is 2. The zero-order chi connectivity index (χ0) is 31.8. The van der Waals surface area contributed by atoms with Gasteiger partial charge in [-0.3, -0.25) is 23.7 Å².